The number of hydrogen-bond acceptors (Lipinski definition) is 7. The Morgan fingerprint density at radius 3 is 2.24 bits per heavy atom. The summed E-state index contributed by atoms with van der Waals surface area (Å²) in [5.41, 5.74) is 4.08. The second kappa shape index (κ2) is 12.7. The first-order valence-electron chi connectivity index (χ1n) is 14.1. The molecular weight excluding hydrogens is 544 g/mol. The third kappa shape index (κ3) is 7.32. The molecule has 1 aliphatic carbocycles. The van der Waals surface area contributed by atoms with Gasteiger partial charge in [-0.25, -0.2) is 4.98 Å². The van der Waals surface area contributed by atoms with Crippen LogP contribution in [-0.2, 0) is 25.7 Å². The van der Waals surface area contributed by atoms with Gasteiger partial charge in [-0.15, -0.1) is 11.3 Å². The number of nitrogens with one attached hydrogen (secondary N) is 2. The monoisotopic (exact) mass is 584 g/mol. The molecule has 1 aliphatic heterocycles. The Morgan fingerprint density at radius 1 is 1.05 bits per heavy atom. The van der Waals surface area contributed by atoms with Crippen molar-refractivity contribution in [3.8, 4) is 10.4 Å². The normalized spacial score (nSPS) is 23.6. The number of nitrogens with zero attached hydrogens (tertiary/aromatic N) is 2. The number of aromatic nitrogens is 1. The minimum Gasteiger partial charge on any atom is -0.481 e. The zero-order chi connectivity index (χ0) is 29.9. The van der Waals surface area contributed by atoms with E-state index in [1.54, 1.807) is 11.3 Å². The van der Waals surface area contributed by atoms with Crippen molar-refractivity contribution < 1.29 is 29.4 Å². The fraction of sp³-hybridized carbons (Fsp3) is 0.567. The van der Waals surface area contributed by atoms with Crippen molar-refractivity contribution in [2.75, 3.05) is 6.54 Å². The van der Waals surface area contributed by atoms with Gasteiger partial charge in [0.25, 0.3) is 0 Å². The van der Waals surface area contributed by atoms with E-state index in [-0.39, 0.29) is 37.2 Å². The van der Waals surface area contributed by atoms with Gasteiger partial charge in [0.15, 0.2) is 0 Å². The first kappa shape index (κ1) is 30.6. The lowest BCUT2D eigenvalue weighted by Gasteiger charge is -2.36. The Balaban J connectivity index is 1.39. The van der Waals surface area contributed by atoms with Crippen LogP contribution in [0.4, 0.5) is 0 Å². The van der Waals surface area contributed by atoms with E-state index in [4.69, 9.17) is 0 Å². The number of aliphatic hydroxyl groups excluding tert-OH is 1. The fourth-order valence-electron chi connectivity index (χ4n) is 5.64. The summed E-state index contributed by atoms with van der Waals surface area (Å²) in [4.78, 5) is 58.2. The van der Waals surface area contributed by atoms with Crippen LogP contribution < -0.4 is 10.6 Å². The van der Waals surface area contributed by atoms with Crippen molar-refractivity contribution in [2.24, 2.45) is 17.3 Å². The summed E-state index contributed by atoms with van der Waals surface area (Å²) >= 11 is 1.57. The molecule has 1 saturated heterocycles. The van der Waals surface area contributed by atoms with E-state index in [9.17, 15) is 29.4 Å². The first-order chi connectivity index (χ1) is 19.3. The number of aryl methyl sites for hydroxylation is 1. The number of rotatable bonds is 8. The number of aliphatic hydroxyl groups is 1. The smallest absolute Gasteiger partial charge is 0.306 e. The van der Waals surface area contributed by atoms with Crippen LogP contribution in [0.15, 0.2) is 29.8 Å². The number of thiazole rings is 1. The number of benzene rings is 1. The Morgan fingerprint density at radius 2 is 1.68 bits per heavy atom. The molecule has 4 N–H and O–H groups in total. The zero-order valence-electron chi connectivity index (χ0n) is 24.1. The van der Waals surface area contributed by atoms with Gasteiger partial charge in [0.1, 0.15) is 12.1 Å². The molecule has 222 valence electrons. The summed E-state index contributed by atoms with van der Waals surface area (Å²) in [6.07, 6.45) is 1.02. The molecule has 1 saturated carbocycles. The fourth-order valence-corrected chi connectivity index (χ4v) is 6.45. The SMILES string of the molecule is Cc1ncsc1-c1ccc(CNC(=O)[C@@H]2C[C@@H](O)CN2C(=O)[C@@H](NC(=O)C2CCC(C(=O)O)CC2)C(C)(C)C)cc1. The van der Waals surface area contributed by atoms with Crippen molar-refractivity contribution in [1.29, 1.82) is 0 Å². The van der Waals surface area contributed by atoms with E-state index < -0.39 is 41.4 Å². The maximum absolute atomic E-state index is 13.8. The lowest BCUT2D eigenvalue weighted by atomic mass is 9.80. The van der Waals surface area contributed by atoms with Crippen LogP contribution in [0.2, 0.25) is 0 Å². The van der Waals surface area contributed by atoms with Crippen LogP contribution >= 0.6 is 11.3 Å². The van der Waals surface area contributed by atoms with Gasteiger partial charge in [0.05, 0.1) is 28.1 Å². The van der Waals surface area contributed by atoms with E-state index in [1.165, 1.54) is 4.90 Å². The number of carboxylic acid groups (broad SMARTS) is 1. The molecule has 2 aromatic rings. The van der Waals surface area contributed by atoms with Crippen LogP contribution in [0, 0.1) is 24.2 Å². The van der Waals surface area contributed by atoms with Crippen molar-refractivity contribution >= 4 is 35.0 Å². The number of carbonyl (C=O) groups excluding carboxylic acids is 3. The van der Waals surface area contributed by atoms with E-state index in [2.05, 4.69) is 15.6 Å². The van der Waals surface area contributed by atoms with Crippen LogP contribution in [-0.4, -0.2) is 68.5 Å². The molecule has 11 heteroatoms. The first-order valence-corrected chi connectivity index (χ1v) is 15.0. The highest BCUT2D eigenvalue weighted by atomic mass is 32.1. The number of carbonyl (C=O) groups is 4. The van der Waals surface area contributed by atoms with Gasteiger partial charge in [-0.3, -0.25) is 19.2 Å². The molecule has 0 radical (unpaired) electrons. The third-order valence-corrected chi connectivity index (χ3v) is 9.12. The van der Waals surface area contributed by atoms with Crippen molar-refractivity contribution in [2.45, 2.75) is 84.5 Å². The predicted octanol–water partition coefficient (Wildman–Crippen LogP) is 3.12. The van der Waals surface area contributed by atoms with Crippen LogP contribution in [0.5, 0.6) is 0 Å². The van der Waals surface area contributed by atoms with E-state index in [0.29, 0.717) is 25.7 Å². The zero-order valence-corrected chi connectivity index (χ0v) is 24.9. The average molecular weight is 585 g/mol. The molecule has 2 aliphatic rings. The largest absolute Gasteiger partial charge is 0.481 e. The van der Waals surface area contributed by atoms with E-state index in [0.717, 1.165) is 21.7 Å². The number of aliphatic carboxylic acids is 1. The minimum atomic E-state index is -0.907. The molecule has 0 unspecified atom stereocenters. The maximum Gasteiger partial charge on any atom is 0.306 e. The number of amides is 3. The number of hydrogen-bond donors (Lipinski definition) is 4. The molecular formula is C30H40N4O6S. The highest BCUT2D eigenvalue weighted by molar-refractivity contribution is 7.13. The van der Waals surface area contributed by atoms with Crippen LogP contribution in [0.3, 0.4) is 0 Å². The maximum atomic E-state index is 13.8. The Labute approximate surface area is 244 Å². The van der Waals surface area contributed by atoms with Gasteiger partial charge in [0.2, 0.25) is 17.7 Å². The molecule has 2 fully saturated rings. The lowest BCUT2D eigenvalue weighted by Crippen LogP contribution is -2.58. The molecule has 4 rings (SSSR count). The summed E-state index contributed by atoms with van der Waals surface area (Å²) < 4.78 is 0. The second-order valence-electron chi connectivity index (χ2n) is 12.3. The topological polar surface area (TPSA) is 149 Å². The molecule has 1 aromatic carbocycles. The average Bonchev–Trinajstić information content (AvgIpc) is 3.54. The highest BCUT2D eigenvalue weighted by Gasteiger charge is 2.45. The summed E-state index contributed by atoms with van der Waals surface area (Å²) in [6.45, 7) is 7.77. The molecule has 1 aromatic heterocycles. The minimum absolute atomic E-state index is 0.00594. The molecule has 0 bridgehead atoms. The van der Waals surface area contributed by atoms with Gasteiger partial charge in [-0.05, 0) is 49.1 Å². The van der Waals surface area contributed by atoms with Crippen molar-refractivity contribution in [3.05, 3.63) is 41.0 Å². The summed E-state index contributed by atoms with van der Waals surface area (Å²) in [6, 6.07) is 6.09. The van der Waals surface area contributed by atoms with Gasteiger partial charge < -0.3 is 25.7 Å². The Kier molecular flexibility index (Phi) is 9.48. The molecule has 3 atom stereocenters. The van der Waals surface area contributed by atoms with Gasteiger partial charge in [-0.1, -0.05) is 45.0 Å². The lowest BCUT2D eigenvalue weighted by molar-refractivity contribution is -0.146. The highest BCUT2D eigenvalue weighted by Crippen LogP contribution is 2.31. The standard InChI is InChI=1S/C30H40N4O6S/c1-17-24(41-16-32-17)19-7-5-18(6-8-19)14-31-27(37)23-13-22(35)15-34(23)28(38)25(30(2,3)4)33-26(36)20-9-11-21(12-10-20)29(39)40/h5-8,16,20-23,25,35H,9-15H2,1-4H3,(H,31,37)(H,33,36)(H,39,40)/t20?,21?,22-,23+,25-/m1/s1. The van der Waals surface area contributed by atoms with Gasteiger partial charge in [0, 0.05) is 25.4 Å². The predicted molar refractivity (Wildman–Crippen MR) is 155 cm³/mol. The van der Waals surface area contributed by atoms with Crippen molar-refractivity contribution in [3.63, 3.8) is 0 Å². The summed E-state index contributed by atoms with van der Waals surface area (Å²) in [5.74, 6) is -2.69. The van der Waals surface area contributed by atoms with Crippen LogP contribution in [0.25, 0.3) is 10.4 Å². The number of β-amino-alcohol motifs (C(OH)–C–C–N with tert-alkyl or cyclic N) is 1. The second-order valence-corrected chi connectivity index (χ2v) is 13.1. The van der Waals surface area contributed by atoms with Gasteiger partial charge in [-0.2, -0.15) is 0 Å². The number of likely N-dealkylation sites (tertiary alicyclic amines) is 1. The van der Waals surface area contributed by atoms with E-state index in [1.807, 2.05) is 57.5 Å². The molecule has 2 heterocycles. The molecule has 3 amide bonds. The van der Waals surface area contributed by atoms with E-state index >= 15 is 0 Å². The summed E-state index contributed by atoms with van der Waals surface area (Å²) in [7, 11) is 0. The van der Waals surface area contributed by atoms with Crippen LogP contribution in [0.1, 0.15) is 64.1 Å². The third-order valence-electron chi connectivity index (χ3n) is 8.14. The van der Waals surface area contributed by atoms with Gasteiger partial charge >= 0.3 is 5.97 Å². The number of carboxylic acids is 1. The quantitative estimate of drug-likeness (QED) is 0.373. The Bertz CT molecular complexity index is 1260. The van der Waals surface area contributed by atoms with Crippen molar-refractivity contribution in [1.82, 2.24) is 20.5 Å². The molecule has 0 spiro atoms. The molecule has 10 nitrogen and oxygen atoms in total. The molecule has 41 heavy (non-hydrogen) atoms. The summed E-state index contributed by atoms with van der Waals surface area (Å²) in [5, 5.41) is 25.5. The Hall–Kier alpha value is -3.31.